The predicted molar refractivity (Wildman–Crippen MR) is 62.2 cm³/mol. The van der Waals surface area contributed by atoms with Crippen molar-refractivity contribution in [2.75, 3.05) is 24.5 Å². The Hall–Kier alpha value is -0.810. The molecule has 1 aliphatic heterocycles. The summed E-state index contributed by atoms with van der Waals surface area (Å²) in [5, 5.41) is 3.34. The minimum absolute atomic E-state index is 0.0184. The van der Waals surface area contributed by atoms with E-state index in [1.165, 1.54) is 0 Å². The molecule has 80 valence electrons. The van der Waals surface area contributed by atoms with Gasteiger partial charge < -0.3 is 10.2 Å². The Balaban J connectivity index is 2.24. The fraction of sp³-hybridized carbons (Fsp3) is 0.333. The van der Waals surface area contributed by atoms with Crippen molar-refractivity contribution >= 4 is 39.3 Å². The Morgan fingerprint density at radius 1 is 1.60 bits per heavy atom. The Morgan fingerprint density at radius 3 is 3.07 bits per heavy atom. The number of hydrogen-bond acceptors (Lipinski definition) is 3. The van der Waals surface area contributed by atoms with Crippen LogP contribution < -0.4 is 10.2 Å². The number of rotatable bonds is 1. The second-order valence-corrected chi connectivity index (χ2v) is 4.52. The summed E-state index contributed by atoms with van der Waals surface area (Å²) < 4.78 is 0.810. The normalized spacial score (nSPS) is 16.4. The maximum Gasteiger partial charge on any atom is 0.239 e. The van der Waals surface area contributed by atoms with Crippen LogP contribution in [-0.4, -0.2) is 30.5 Å². The fourth-order valence-corrected chi connectivity index (χ4v) is 2.35. The smallest absolute Gasteiger partial charge is 0.239 e. The Kier molecular flexibility index (Phi) is 3.11. The number of piperazine rings is 1. The number of anilines is 1. The quantitative estimate of drug-likeness (QED) is 0.851. The second kappa shape index (κ2) is 4.37. The number of amides is 1. The number of halogens is 2. The van der Waals surface area contributed by atoms with Crippen LogP contribution >= 0.6 is 27.5 Å². The average molecular weight is 291 g/mol. The largest absolute Gasteiger partial charge is 0.353 e. The van der Waals surface area contributed by atoms with E-state index in [0.29, 0.717) is 18.1 Å². The van der Waals surface area contributed by atoms with E-state index in [1.807, 2.05) is 4.90 Å². The summed E-state index contributed by atoms with van der Waals surface area (Å²) in [6.45, 7) is 1.75. The Morgan fingerprint density at radius 2 is 2.40 bits per heavy atom. The van der Waals surface area contributed by atoms with Crippen molar-refractivity contribution in [3.05, 3.63) is 21.8 Å². The Labute approximate surface area is 101 Å². The van der Waals surface area contributed by atoms with Gasteiger partial charge in [-0.05, 0) is 22.0 Å². The van der Waals surface area contributed by atoms with Crippen LogP contribution in [0.4, 0.5) is 5.82 Å². The lowest BCUT2D eigenvalue weighted by molar-refractivity contribution is -0.120. The lowest BCUT2D eigenvalue weighted by Crippen LogP contribution is -2.48. The molecule has 15 heavy (non-hydrogen) atoms. The lowest BCUT2D eigenvalue weighted by Gasteiger charge is -2.28. The summed E-state index contributed by atoms with van der Waals surface area (Å²) in [6, 6.07) is 1.77. The van der Waals surface area contributed by atoms with Gasteiger partial charge in [0.15, 0.2) is 0 Å². The van der Waals surface area contributed by atoms with Gasteiger partial charge in [0.1, 0.15) is 5.82 Å². The molecule has 0 spiro atoms. The van der Waals surface area contributed by atoms with E-state index in [9.17, 15) is 4.79 Å². The van der Waals surface area contributed by atoms with Gasteiger partial charge >= 0.3 is 0 Å². The molecule has 1 aliphatic rings. The first-order valence-electron chi connectivity index (χ1n) is 4.49. The summed E-state index contributed by atoms with van der Waals surface area (Å²) in [4.78, 5) is 17.3. The summed E-state index contributed by atoms with van der Waals surface area (Å²) in [7, 11) is 0. The number of pyridine rings is 1. The minimum atomic E-state index is 0.0184. The van der Waals surface area contributed by atoms with Crippen LogP contribution in [0.15, 0.2) is 16.7 Å². The van der Waals surface area contributed by atoms with E-state index in [0.717, 1.165) is 16.8 Å². The molecule has 1 aromatic heterocycles. The molecule has 0 atom stereocenters. The van der Waals surface area contributed by atoms with Crippen LogP contribution in [0, 0.1) is 0 Å². The molecule has 1 saturated heterocycles. The van der Waals surface area contributed by atoms with E-state index < -0.39 is 0 Å². The molecule has 2 heterocycles. The highest BCUT2D eigenvalue weighted by Crippen LogP contribution is 2.26. The van der Waals surface area contributed by atoms with Crippen molar-refractivity contribution in [2.24, 2.45) is 0 Å². The number of carbonyl (C=O) groups is 1. The van der Waals surface area contributed by atoms with Crippen LogP contribution in [0.5, 0.6) is 0 Å². The molecule has 0 aromatic carbocycles. The number of carbonyl (C=O) groups excluding carboxylic acids is 1. The van der Waals surface area contributed by atoms with Crippen molar-refractivity contribution in [2.45, 2.75) is 0 Å². The van der Waals surface area contributed by atoms with Crippen LogP contribution in [-0.2, 0) is 4.79 Å². The molecular weight excluding hydrogens is 281 g/mol. The summed E-state index contributed by atoms with van der Waals surface area (Å²) >= 11 is 9.18. The van der Waals surface area contributed by atoms with Gasteiger partial charge in [-0.2, -0.15) is 0 Å². The zero-order valence-electron chi connectivity index (χ0n) is 7.83. The topological polar surface area (TPSA) is 45.2 Å². The van der Waals surface area contributed by atoms with Crippen molar-refractivity contribution in [1.82, 2.24) is 10.3 Å². The van der Waals surface area contributed by atoms with Crippen molar-refractivity contribution < 1.29 is 4.79 Å². The van der Waals surface area contributed by atoms with Gasteiger partial charge in [-0.15, -0.1) is 0 Å². The molecule has 0 bridgehead atoms. The third kappa shape index (κ3) is 2.41. The van der Waals surface area contributed by atoms with Crippen LogP contribution in [0.3, 0.4) is 0 Å². The number of aromatic nitrogens is 1. The first-order chi connectivity index (χ1) is 7.16. The van der Waals surface area contributed by atoms with Crippen LogP contribution in [0.2, 0.25) is 5.02 Å². The SMILES string of the molecule is O=C1CN(c2ncc(Cl)cc2Br)CCN1. The van der Waals surface area contributed by atoms with Crippen LogP contribution in [0.25, 0.3) is 0 Å². The number of hydrogen-bond donors (Lipinski definition) is 1. The van der Waals surface area contributed by atoms with E-state index in [-0.39, 0.29) is 5.91 Å². The third-order valence-electron chi connectivity index (χ3n) is 2.13. The minimum Gasteiger partial charge on any atom is -0.353 e. The van der Waals surface area contributed by atoms with Crippen molar-refractivity contribution in [3.8, 4) is 0 Å². The van der Waals surface area contributed by atoms with E-state index in [1.54, 1.807) is 12.3 Å². The molecule has 1 N–H and O–H groups in total. The second-order valence-electron chi connectivity index (χ2n) is 3.23. The average Bonchev–Trinajstić information content (AvgIpc) is 2.17. The fourth-order valence-electron chi connectivity index (χ4n) is 1.46. The molecule has 2 rings (SSSR count). The van der Waals surface area contributed by atoms with Gasteiger partial charge in [0.25, 0.3) is 0 Å². The van der Waals surface area contributed by atoms with Crippen LogP contribution in [0.1, 0.15) is 0 Å². The summed E-state index contributed by atoms with van der Waals surface area (Å²) in [6.07, 6.45) is 1.58. The highest BCUT2D eigenvalue weighted by molar-refractivity contribution is 9.10. The van der Waals surface area contributed by atoms with Gasteiger partial charge in [-0.1, -0.05) is 11.6 Å². The molecule has 0 saturated carbocycles. The summed E-state index contributed by atoms with van der Waals surface area (Å²) in [5.41, 5.74) is 0. The predicted octanol–water partition coefficient (Wildman–Crippen LogP) is 1.43. The van der Waals surface area contributed by atoms with E-state index >= 15 is 0 Å². The maximum absolute atomic E-state index is 11.2. The van der Waals surface area contributed by atoms with Crippen molar-refractivity contribution in [3.63, 3.8) is 0 Å². The zero-order valence-corrected chi connectivity index (χ0v) is 10.2. The monoisotopic (exact) mass is 289 g/mol. The van der Waals surface area contributed by atoms with E-state index in [4.69, 9.17) is 11.6 Å². The summed E-state index contributed by atoms with van der Waals surface area (Å²) in [5.74, 6) is 0.777. The molecule has 6 heteroatoms. The molecule has 0 radical (unpaired) electrons. The van der Waals surface area contributed by atoms with Crippen molar-refractivity contribution in [1.29, 1.82) is 0 Å². The van der Waals surface area contributed by atoms with Gasteiger partial charge in [-0.3, -0.25) is 4.79 Å². The third-order valence-corrected chi connectivity index (χ3v) is 2.92. The van der Waals surface area contributed by atoms with Gasteiger partial charge in [0.2, 0.25) is 5.91 Å². The molecule has 1 amide bonds. The molecule has 1 aromatic rings. The molecular formula is C9H9BrClN3O. The van der Waals surface area contributed by atoms with E-state index in [2.05, 4.69) is 26.2 Å². The van der Waals surface area contributed by atoms with Gasteiger partial charge in [0, 0.05) is 19.3 Å². The zero-order chi connectivity index (χ0) is 10.8. The highest BCUT2D eigenvalue weighted by Gasteiger charge is 2.19. The standard InChI is InChI=1S/C9H9BrClN3O/c10-7-3-6(11)4-13-9(7)14-2-1-12-8(15)5-14/h3-4H,1-2,5H2,(H,12,15). The number of nitrogens with one attached hydrogen (secondary N) is 1. The van der Waals surface area contributed by atoms with Gasteiger partial charge in [-0.25, -0.2) is 4.98 Å². The number of nitrogens with zero attached hydrogens (tertiary/aromatic N) is 2. The maximum atomic E-state index is 11.2. The molecule has 0 unspecified atom stereocenters. The molecule has 4 nitrogen and oxygen atoms in total. The molecule has 0 aliphatic carbocycles. The molecule has 1 fully saturated rings. The highest BCUT2D eigenvalue weighted by atomic mass is 79.9. The lowest BCUT2D eigenvalue weighted by atomic mass is 10.3. The van der Waals surface area contributed by atoms with Gasteiger partial charge in [0.05, 0.1) is 16.0 Å². The Bertz CT molecular complexity index is 399. The first-order valence-corrected chi connectivity index (χ1v) is 5.66. The first kappa shape index (κ1) is 10.7.